The minimum Gasteiger partial charge on any atom is -0.304 e. The van der Waals surface area contributed by atoms with Crippen LogP contribution in [0.3, 0.4) is 0 Å². The molecule has 0 aromatic carbocycles. The molecule has 0 aromatic heterocycles. The minimum absolute atomic E-state index is 0.989. The van der Waals surface area contributed by atoms with Gasteiger partial charge in [0.25, 0.3) is 0 Å². The standard InChI is InChI=1S/C34H69N/c1-7-11-18-27-34(25-12-8-2)29-23-28-33(9-3)26-20-14-13-16-21-30-35(10-4)31-22-17-15-19-24-32(5)6/h33-34H,5,7-31H2,1-4,6H3. The monoisotopic (exact) mass is 492 g/mol. The summed E-state index contributed by atoms with van der Waals surface area (Å²) < 4.78 is 0. The van der Waals surface area contributed by atoms with Crippen molar-refractivity contribution in [2.75, 3.05) is 19.6 Å². The molecule has 35 heavy (non-hydrogen) atoms. The first-order valence-electron chi connectivity index (χ1n) is 16.4. The molecule has 0 saturated carbocycles. The van der Waals surface area contributed by atoms with Gasteiger partial charge in [-0.2, -0.15) is 0 Å². The molecule has 0 amide bonds. The Morgan fingerprint density at radius 1 is 0.543 bits per heavy atom. The van der Waals surface area contributed by atoms with E-state index < -0.39 is 0 Å². The Kier molecular flexibility index (Phi) is 26.5. The van der Waals surface area contributed by atoms with Gasteiger partial charge in [-0.15, -0.1) is 6.58 Å². The van der Waals surface area contributed by atoms with Crippen molar-refractivity contribution in [1.82, 2.24) is 4.90 Å². The zero-order valence-corrected chi connectivity index (χ0v) is 25.5. The van der Waals surface area contributed by atoms with Gasteiger partial charge in [0, 0.05) is 0 Å². The van der Waals surface area contributed by atoms with E-state index in [9.17, 15) is 0 Å². The molecule has 0 aliphatic rings. The highest BCUT2D eigenvalue weighted by molar-refractivity contribution is 4.87. The normalized spacial score (nSPS) is 13.4. The first-order chi connectivity index (χ1) is 17.1. The molecule has 1 heteroatoms. The Balaban J connectivity index is 3.79. The highest BCUT2D eigenvalue weighted by Crippen LogP contribution is 2.26. The largest absolute Gasteiger partial charge is 0.304 e. The average molecular weight is 492 g/mol. The summed E-state index contributed by atoms with van der Waals surface area (Å²) in [4.78, 5) is 2.68. The molecule has 0 aliphatic carbocycles. The topological polar surface area (TPSA) is 3.24 Å². The van der Waals surface area contributed by atoms with Crippen LogP contribution >= 0.6 is 0 Å². The van der Waals surface area contributed by atoms with E-state index in [0.29, 0.717) is 0 Å². The van der Waals surface area contributed by atoms with E-state index in [1.165, 1.54) is 166 Å². The van der Waals surface area contributed by atoms with Gasteiger partial charge < -0.3 is 4.90 Å². The van der Waals surface area contributed by atoms with Crippen LogP contribution in [0.15, 0.2) is 12.2 Å². The van der Waals surface area contributed by atoms with Gasteiger partial charge in [0.1, 0.15) is 0 Å². The maximum absolute atomic E-state index is 4.02. The summed E-state index contributed by atoms with van der Waals surface area (Å²) in [6.07, 6.45) is 31.3. The first kappa shape index (κ1) is 34.7. The summed E-state index contributed by atoms with van der Waals surface area (Å²) in [6.45, 7) is 19.5. The maximum atomic E-state index is 4.02. The summed E-state index contributed by atoms with van der Waals surface area (Å²) in [5.74, 6) is 2.01. The third-order valence-electron chi connectivity index (χ3n) is 8.35. The number of hydrogen-bond acceptors (Lipinski definition) is 1. The summed E-state index contributed by atoms with van der Waals surface area (Å²) in [7, 11) is 0. The fourth-order valence-electron chi connectivity index (χ4n) is 5.70. The Labute approximate surface area is 224 Å². The zero-order chi connectivity index (χ0) is 26.0. The van der Waals surface area contributed by atoms with E-state index in [-0.39, 0.29) is 0 Å². The molecule has 0 aliphatic heterocycles. The Morgan fingerprint density at radius 2 is 1.03 bits per heavy atom. The third-order valence-corrected chi connectivity index (χ3v) is 8.35. The SMILES string of the molecule is C=C(C)CCCCCCN(CC)CCCCCCCC(CC)CCCC(CCCC)CCCCC. The summed E-state index contributed by atoms with van der Waals surface area (Å²) in [6, 6.07) is 0. The van der Waals surface area contributed by atoms with Gasteiger partial charge in [-0.25, -0.2) is 0 Å². The fourth-order valence-corrected chi connectivity index (χ4v) is 5.70. The van der Waals surface area contributed by atoms with Crippen LogP contribution in [0.5, 0.6) is 0 Å². The van der Waals surface area contributed by atoms with Crippen LogP contribution in [0.25, 0.3) is 0 Å². The lowest BCUT2D eigenvalue weighted by Gasteiger charge is -2.20. The van der Waals surface area contributed by atoms with Crippen molar-refractivity contribution in [2.24, 2.45) is 11.8 Å². The molecule has 1 nitrogen and oxygen atoms in total. The summed E-state index contributed by atoms with van der Waals surface area (Å²) in [5.41, 5.74) is 1.34. The smallest absolute Gasteiger partial charge is 0.00189 e. The van der Waals surface area contributed by atoms with Crippen LogP contribution in [-0.2, 0) is 0 Å². The van der Waals surface area contributed by atoms with Crippen LogP contribution in [0, 0.1) is 11.8 Å². The second kappa shape index (κ2) is 26.8. The van der Waals surface area contributed by atoms with Crippen LogP contribution < -0.4 is 0 Å². The molecular formula is C34H69N. The van der Waals surface area contributed by atoms with Crippen LogP contribution in [0.1, 0.15) is 176 Å². The fraction of sp³-hybridized carbons (Fsp3) is 0.941. The Morgan fingerprint density at radius 3 is 1.63 bits per heavy atom. The maximum Gasteiger partial charge on any atom is -0.00189 e. The van der Waals surface area contributed by atoms with Gasteiger partial charge in [-0.3, -0.25) is 0 Å². The molecular weight excluding hydrogens is 422 g/mol. The molecule has 0 heterocycles. The van der Waals surface area contributed by atoms with Crippen LogP contribution in [-0.4, -0.2) is 24.5 Å². The Bertz CT molecular complexity index is 428. The second-order valence-electron chi connectivity index (χ2n) is 11.8. The van der Waals surface area contributed by atoms with Crippen molar-refractivity contribution in [3.63, 3.8) is 0 Å². The second-order valence-corrected chi connectivity index (χ2v) is 11.8. The highest BCUT2D eigenvalue weighted by Gasteiger charge is 2.11. The predicted octanol–water partition coefficient (Wildman–Crippen LogP) is 11.8. The van der Waals surface area contributed by atoms with Gasteiger partial charge >= 0.3 is 0 Å². The lowest BCUT2D eigenvalue weighted by Crippen LogP contribution is -2.25. The number of nitrogens with zero attached hydrogens (tertiary/aromatic N) is 1. The molecule has 0 aromatic rings. The average Bonchev–Trinajstić information content (AvgIpc) is 2.85. The number of allylic oxidation sites excluding steroid dienone is 1. The third kappa shape index (κ3) is 23.8. The molecule has 0 fully saturated rings. The van der Waals surface area contributed by atoms with Gasteiger partial charge in [0.2, 0.25) is 0 Å². The zero-order valence-electron chi connectivity index (χ0n) is 25.5. The number of hydrogen-bond donors (Lipinski definition) is 0. The molecule has 2 atom stereocenters. The molecule has 0 saturated heterocycles. The lowest BCUT2D eigenvalue weighted by atomic mass is 9.87. The molecule has 2 unspecified atom stereocenters. The minimum atomic E-state index is 0.989. The van der Waals surface area contributed by atoms with Crippen LogP contribution in [0.4, 0.5) is 0 Å². The van der Waals surface area contributed by atoms with Gasteiger partial charge in [-0.05, 0) is 64.1 Å². The van der Waals surface area contributed by atoms with Crippen molar-refractivity contribution in [3.8, 4) is 0 Å². The molecule has 0 N–H and O–H groups in total. The molecule has 0 spiro atoms. The van der Waals surface area contributed by atoms with Crippen molar-refractivity contribution in [1.29, 1.82) is 0 Å². The van der Waals surface area contributed by atoms with E-state index in [4.69, 9.17) is 0 Å². The highest BCUT2D eigenvalue weighted by atomic mass is 15.1. The van der Waals surface area contributed by atoms with Gasteiger partial charge in [0.05, 0.1) is 0 Å². The van der Waals surface area contributed by atoms with Crippen molar-refractivity contribution in [3.05, 3.63) is 12.2 Å². The Hall–Kier alpha value is -0.300. The molecule has 0 radical (unpaired) electrons. The van der Waals surface area contributed by atoms with E-state index in [1.807, 2.05) is 0 Å². The van der Waals surface area contributed by atoms with Crippen molar-refractivity contribution in [2.45, 2.75) is 176 Å². The summed E-state index contributed by atoms with van der Waals surface area (Å²) in [5, 5.41) is 0. The molecule has 0 bridgehead atoms. The molecule has 0 rings (SSSR count). The quantitative estimate of drug-likeness (QED) is 0.0776. The van der Waals surface area contributed by atoms with E-state index in [1.54, 1.807) is 0 Å². The van der Waals surface area contributed by atoms with Crippen molar-refractivity contribution < 1.29 is 0 Å². The number of rotatable bonds is 28. The van der Waals surface area contributed by atoms with E-state index in [0.717, 1.165) is 11.8 Å². The molecule has 210 valence electrons. The van der Waals surface area contributed by atoms with Crippen LogP contribution in [0.2, 0.25) is 0 Å². The number of unbranched alkanes of at least 4 members (excludes halogenated alkanes) is 10. The lowest BCUT2D eigenvalue weighted by molar-refractivity contribution is 0.273. The predicted molar refractivity (Wildman–Crippen MR) is 163 cm³/mol. The first-order valence-corrected chi connectivity index (χ1v) is 16.4. The van der Waals surface area contributed by atoms with E-state index in [2.05, 4.69) is 46.1 Å². The van der Waals surface area contributed by atoms with Gasteiger partial charge in [0.15, 0.2) is 0 Å². The van der Waals surface area contributed by atoms with Gasteiger partial charge in [-0.1, -0.05) is 149 Å². The summed E-state index contributed by atoms with van der Waals surface area (Å²) >= 11 is 0. The van der Waals surface area contributed by atoms with E-state index >= 15 is 0 Å². The van der Waals surface area contributed by atoms with Crippen molar-refractivity contribution >= 4 is 0 Å².